The van der Waals surface area contributed by atoms with Crippen molar-refractivity contribution in [3.05, 3.63) is 0 Å². The van der Waals surface area contributed by atoms with Crippen molar-refractivity contribution in [3.63, 3.8) is 0 Å². The Labute approximate surface area is 73.2 Å². The van der Waals surface area contributed by atoms with E-state index in [0.29, 0.717) is 13.2 Å². The van der Waals surface area contributed by atoms with Crippen molar-refractivity contribution in [1.29, 1.82) is 0 Å². The molecule has 0 heterocycles. The molecule has 0 rings (SSSR count). The lowest BCUT2D eigenvalue weighted by molar-refractivity contribution is -0.403. The van der Waals surface area contributed by atoms with Crippen LogP contribution in [-0.2, 0) is 9.53 Å². The molecule has 1 atom stereocenters. The van der Waals surface area contributed by atoms with Crippen LogP contribution in [0.25, 0.3) is 0 Å². The quantitative estimate of drug-likeness (QED) is 0.496. The first-order valence-electron chi connectivity index (χ1n) is 4.36. The molecule has 6 N–H and O–H groups in total. The molecule has 0 aliphatic carbocycles. The number of hydrogen-bond donors (Lipinski definition) is 2. The van der Waals surface area contributed by atoms with Crippen LogP contribution in [0, 0.1) is 5.41 Å². The maximum Gasteiger partial charge on any atom is 0.317 e. The molecule has 0 saturated heterocycles. The summed E-state index contributed by atoms with van der Waals surface area (Å²) in [6, 6.07) is 0. The molecule has 0 aliphatic heterocycles. The predicted molar refractivity (Wildman–Crippen MR) is 44.9 cm³/mol. The van der Waals surface area contributed by atoms with Crippen LogP contribution in [0.2, 0.25) is 0 Å². The molecule has 0 amide bonds. The van der Waals surface area contributed by atoms with Crippen molar-refractivity contribution < 1.29 is 21.0 Å². The molecule has 4 heteroatoms. The van der Waals surface area contributed by atoms with E-state index in [1.807, 2.05) is 13.8 Å². The van der Waals surface area contributed by atoms with E-state index in [-0.39, 0.29) is 5.97 Å². The molecule has 0 aromatic rings. The molecule has 0 saturated carbocycles. The van der Waals surface area contributed by atoms with Gasteiger partial charge in [-0.05, 0) is 13.8 Å². The Morgan fingerprint density at radius 3 is 2.42 bits per heavy atom. The standard InChI is InChI=1S/C8H18N2O2/c1-3-12-7(11)8(2,6-10)4-5-9/h3-6,9-10H2,1-2H3/p+2. The highest BCUT2D eigenvalue weighted by atomic mass is 16.5. The third-order valence-corrected chi connectivity index (χ3v) is 2.05. The van der Waals surface area contributed by atoms with Crippen LogP contribution < -0.4 is 11.5 Å². The average Bonchev–Trinajstić information content (AvgIpc) is 2.05. The lowest BCUT2D eigenvalue weighted by Crippen LogP contribution is -2.62. The van der Waals surface area contributed by atoms with Gasteiger partial charge in [-0.25, -0.2) is 0 Å². The first-order chi connectivity index (χ1) is 5.60. The van der Waals surface area contributed by atoms with E-state index >= 15 is 0 Å². The fourth-order valence-electron chi connectivity index (χ4n) is 1.02. The second kappa shape index (κ2) is 5.11. The Balaban J connectivity index is 4.18. The zero-order valence-corrected chi connectivity index (χ0v) is 8.06. The summed E-state index contributed by atoms with van der Waals surface area (Å²) in [7, 11) is 0. The van der Waals surface area contributed by atoms with Crippen molar-refractivity contribution in [2.24, 2.45) is 5.41 Å². The maximum atomic E-state index is 11.4. The fraction of sp³-hybridized carbons (Fsp3) is 0.875. The highest BCUT2D eigenvalue weighted by Crippen LogP contribution is 2.19. The van der Waals surface area contributed by atoms with Crippen LogP contribution in [0.4, 0.5) is 0 Å². The Hall–Kier alpha value is -0.610. The zero-order valence-electron chi connectivity index (χ0n) is 8.06. The van der Waals surface area contributed by atoms with E-state index in [1.54, 1.807) is 0 Å². The monoisotopic (exact) mass is 176 g/mol. The molecule has 1 unspecified atom stereocenters. The van der Waals surface area contributed by atoms with Gasteiger partial charge in [-0.2, -0.15) is 0 Å². The number of carbonyl (C=O) groups is 1. The van der Waals surface area contributed by atoms with E-state index < -0.39 is 5.41 Å². The Morgan fingerprint density at radius 1 is 1.50 bits per heavy atom. The summed E-state index contributed by atoms with van der Waals surface area (Å²) in [6.07, 6.45) is 0.745. The van der Waals surface area contributed by atoms with Crippen LogP contribution in [0.5, 0.6) is 0 Å². The molecule has 0 fully saturated rings. The minimum atomic E-state index is -0.433. The van der Waals surface area contributed by atoms with Gasteiger partial charge >= 0.3 is 5.97 Å². The van der Waals surface area contributed by atoms with Gasteiger partial charge in [0, 0.05) is 6.42 Å². The van der Waals surface area contributed by atoms with Gasteiger partial charge < -0.3 is 16.2 Å². The van der Waals surface area contributed by atoms with Crippen LogP contribution in [0.15, 0.2) is 0 Å². The molecule has 0 bridgehead atoms. The van der Waals surface area contributed by atoms with Gasteiger partial charge in [0.2, 0.25) is 0 Å². The molecule has 12 heavy (non-hydrogen) atoms. The molecule has 72 valence electrons. The van der Waals surface area contributed by atoms with Crippen LogP contribution >= 0.6 is 0 Å². The summed E-state index contributed by atoms with van der Waals surface area (Å²) < 4.78 is 4.94. The topological polar surface area (TPSA) is 81.6 Å². The molecule has 0 radical (unpaired) electrons. The Kier molecular flexibility index (Phi) is 4.85. The molecule has 0 spiro atoms. The van der Waals surface area contributed by atoms with Gasteiger partial charge in [0.05, 0.1) is 19.7 Å². The number of carbonyl (C=O) groups excluding carboxylic acids is 1. The number of hydrogen-bond acceptors (Lipinski definition) is 2. The molecule has 0 aliphatic rings. The smallest absolute Gasteiger partial charge is 0.317 e. The minimum absolute atomic E-state index is 0.149. The van der Waals surface area contributed by atoms with Crippen molar-refractivity contribution in [2.45, 2.75) is 20.3 Å². The van der Waals surface area contributed by atoms with Crippen molar-refractivity contribution >= 4 is 5.97 Å². The minimum Gasteiger partial charge on any atom is -0.465 e. The third-order valence-electron chi connectivity index (χ3n) is 2.05. The number of esters is 1. The summed E-state index contributed by atoms with van der Waals surface area (Å²) in [5.41, 5.74) is 7.04. The molecule has 0 aromatic heterocycles. The van der Waals surface area contributed by atoms with Crippen LogP contribution in [-0.4, -0.2) is 25.7 Å². The Morgan fingerprint density at radius 2 is 2.08 bits per heavy atom. The first-order valence-corrected chi connectivity index (χ1v) is 4.36. The predicted octanol–water partition coefficient (Wildman–Crippen LogP) is -1.57. The van der Waals surface area contributed by atoms with Gasteiger partial charge in [0.1, 0.15) is 5.41 Å². The molecule has 4 nitrogen and oxygen atoms in total. The van der Waals surface area contributed by atoms with E-state index in [2.05, 4.69) is 11.5 Å². The summed E-state index contributed by atoms with van der Waals surface area (Å²) in [5.74, 6) is -0.149. The number of ether oxygens (including phenoxy) is 1. The lowest BCUT2D eigenvalue weighted by atomic mass is 9.87. The van der Waals surface area contributed by atoms with E-state index in [0.717, 1.165) is 13.0 Å². The first kappa shape index (κ1) is 11.4. The lowest BCUT2D eigenvalue weighted by Gasteiger charge is -2.21. The van der Waals surface area contributed by atoms with E-state index in [4.69, 9.17) is 4.74 Å². The highest BCUT2D eigenvalue weighted by Gasteiger charge is 2.35. The van der Waals surface area contributed by atoms with Gasteiger partial charge in [0.15, 0.2) is 0 Å². The van der Waals surface area contributed by atoms with Gasteiger partial charge in [0.25, 0.3) is 0 Å². The largest absolute Gasteiger partial charge is 0.465 e. The van der Waals surface area contributed by atoms with Crippen LogP contribution in [0.1, 0.15) is 20.3 Å². The average molecular weight is 176 g/mol. The van der Waals surface area contributed by atoms with Crippen molar-refractivity contribution in [2.75, 3.05) is 19.7 Å². The maximum absolute atomic E-state index is 11.4. The summed E-state index contributed by atoms with van der Waals surface area (Å²) in [5, 5.41) is 0. The normalized spacial score (nSPS) is 15.3. The summed E-state index contributed by atoms with van der Waals surface area (Å²) in [6.45, 7) is 5.44. The second-order valence-corrected chi connectivity index (χ2v) is 3.13. The van der Waals surface area contributed by atoms with Crippen molar-refractivity contribution in [1.82, 2.24) is 0 Å². The summed E-state index contributed by atoms with van der Waals surface area (Å²) in [4.78, 5) is 11.4. The molecule has 0 aromatic carbocycles. The zero-order chi connectivity index (χ0) is 9.61. The number of quaternary nitrogens is 2. The SMILES string of the molecule is CCOC(=O)C(C)(C[NH3+])CC[NH3+]. The van der Waals surface area contributed by atoms with Crippen molar-refractivity contribution in [3.8, 4) is 0 Å². The fourth-order valence-corrected chi connectivity index (χ4v) is 1.02. The second-order valence-electron chi connectivity index (χ2n) is 3.13. The van der Waals surface area contributed by atoms with E-state index in [1.165, 1.54) is 0 Å². The number of rotatable bonds is 5. The van der Waals surface area contributed by atoms with E-state index in [9.17, 15) is 4.79 Å². The van der Waals surface area contributed by atoms with Gasteiger partial charge in [-0.3, -0.25) is 4.79 Å². The molecular formula is C8H20N2O2+2. The van der Waals surface area contributed by atoms with Gasteiger partial charge in [-0.1, -0.05) is 0 Å². The third kappa shape index (κ3) is 2.79. The molecular weight excluding hydrogens is 156 g/mol. The van der Waals surface area contributed by atoms with Gasteiger partial charge in [-0.15, -0.1) is 0 Å². The highest BCUT2D eigenvalue weighted by molar-refractivity contribution is 5.76. The summed E-state index contributed by atoms with van der Waals surface area (Å²) >= 11 is 0. The Bertz CT molecular complexity index is 150. The van der Waals surface area contributed by atoms with Crippen LogP contribution in [0.3, 0.4) is 0 Å².